The molecule has 84 valence electrons. The van der Waals surface area contributed by atoms with Crippen LogP contribution in [0.2, 0.25) is 0 Å². The molecule has 15 heavy (non-hydrogen) atoms. The minimum absolute atomic E-state index is 0.108. The Morgan fingerprint density at radius 2 is 2.27 bits per heavy atom. The van der Waals surface area contributed by atoms with E-state index < -0.39 is 5.83 Å². The first-order valence-electron chi connectivity index (χ1n) is 5.11. The van der Waals surface area contributed by atoms with E-state index in [1.165, 1.54) is 6.08 Å². The molecule has 0 N–H and O–H groups in total. The van der Waals surface area contributed by atoms with Crippen molar-refractivity contribution < 1.29 is 13.5 Å². The molecule has 1 heterocycles. The molecule has 1 atom stereocenters. The highest BCUT2D eigenvalue weighted by Crippen LogP contribution is 2.30. The van der Waals surface area contributed by atoms with Crippen LogP contribution in [0.25, 0.3) is 0 Å². The van der Waals surface area contributed by atoms with Crippen LogP contribution in [0.4, 0.5) is 8.78 Å². The zero-order valence-electron chi connectivity index (χ0n) is 9.15. The Morgan fingerprint density at radius 1 is 1.60 bits per heavy atom. The van der Waals surface area contributed by atoms with Gasteiger partial charge in [0, 0.05) is 5.57 Å². The summed E-state index contributed by atoms with van der Waals surface area (Å²) < 4.78 is 31.3. The third kappa shape index (κ3) is 3.18. The second kappa shape index (κ2) is 5.10. The minimum atomic E-state index is -0.628. The summed E-state index contributed by atoms with van der Waals surface area (Å²) in [6.07, 6.45) is 2.30. The maximum Gasteiger partial charge on any atom is 0.158 e. The van der Waals surface area contributed by atoms with Crippen LogP contribution >= 0.6 is 0 Å². The van der Waals surface area contributed by atoms with Crippen molar-refractivity contribution in [2.24, 2.45) is 5.92 Å². The quantitative estimate of drug-likeness (QED) is 0.688. The fourth-order valence-corrected chi connectivity index (χ4v) is 1.51. The average Bonchev–Trinajstić information content (AvgIpc) is 2.17. The predicted molar refractivity (Wildman–Crippen MR) is 56.5 cm³/mol. The van der Waals surface area contributed by atoms with Gasteiger partial charge in [0.2, 0.25) is 0 Å². The third-order valence-electron chi connectivity index (χ3n) is 2.29. The monoisotopic (exact) mass is 214 g/mol. The van der Waals surface area contributed by atoms with Crippen LogP contribution in [0.15, 0.2) is 35.6 Å². The summed E-state index contributed by atoms with van der Waals surface area (Å²) in [5, 5.41) is 0. The zero-order chi connectivity index (χ0) is 11.4. The topological polar surface area (TPSA) is 9.23 Å². The average molecular weight is 214 g/mol. The molecule has 0 aromatic rings. The highest BCUT2D eigenvalue weighted by Gasteiger charge is 2.20. The summed E-state index contributed by atoms with van der Waals surface area (Å²) in [6.45, 7) is 7.34. The van der Waals surface area contributed by atoms with Crippen molar-refractivity contribution in [3.8, 4) is 0 Å². The van der Waals surface area contributed by atoms with Crippen molar-refractivity contribution in [3.05, 3.63) is 35.6 Å². The lowest BCUT2D eigenvalue weighted by Crippen LogP contribution is -2.14. The summed E-state index contributed by atoms with van der Waals surface area (Å²) in [7, 11) is 0. The molecule has 0 bridgehead atoms. The van der Waals surface area contributed by atoms with E-state index in [0.717, 1.165) is 0 Å². The third-order valence-corrected chi connectivity index (χ3v) is 2.29. The molecule has 3 heteroatoms. The van der Waals surface area contributed by atoms with Gasteiger partial charge in [-0.3, -0.25) is 0 Å². The Labute approximate surface area is 89.1 Å². The lowest BCUT2D eigenvalue weighted by atomic mass is 9.97. The van der Waals surface area contributed by atoms with E-state index in [4.69, 9.17) is 4.74 Å². The van der Waals surface area contributed by atoms with E-state index in [-0.39, 0.29) is 17.5 Å². The molecular formula is C12H16F2O. The molecule has 0 radical (unpaired) electrons. The fourth-order valence-electron chi connectivity index (χ4n) is 1.51. The first kappa shape index (κ1) is 12.0. The standard InChI is InChI=1S/C12H16F2O/c1-4-11(14)6-10-5-8(2)7-15-12(10)9(3)13/h6,8H,3-5,7H2,1-2H3/b11-6+. The smallest absolute Gasteiger partial charge is 0.158 e. The molecule has 1 aliphatic heterocycles. The highest BCUT2D eigenvalue weighted by atomic mass is 19.1. The summed E-state index contributed by atoms with van der Waals surface area (Å²) in [5.41, 5.74) is 0.570. The van der Waals surface area contributed by atoms with E-state index in [0.29, 0.717) is 25.0 Å². The Kier molecular flexibility index (Phi) is 4.06. The van der Waals surface area contributed by atoms with Crippen molar-refractivity contribution in [3.63, 3.8) is 0 Å². The molecule has 0 fully saturated rings. The van der Waals surface area contributed by atoms with Gasteiger partial charge in [-0.25, -0.2) is 8.78 Å². The van der Waals surface area contributed by atoms with Gasteiger partial charge in [-0.05, 0) is 24.8 Å². The van der Waals surface area contributed by atoms with Gasteiger partial charge in [0.25, 0.3) is 0 Å². The summed E-state index contributed by atoms with van der Waals surface area (Å²) >= 11 is 0. The number of allylic oxidation sites excluding steroid dienone is 4. The molecule has 1 aliphatic rings. The number of hydrogen-bond acceptors (Lipinski definition) is 1. The number of ether oxygens (including phenoxy) is 1. The number of halogens is 2. The van der Waals surface area contributed by atoms with E-state index >= 15 is 0 Å². The normalized spacial score (nSPS) is 22.7. The number of hydrogen-bond donors (Lipinski definition) is 0. The van der Waals surface area contributed by atoms with E-state index in [9.17, 15) is 8.78 Å². The van der Waals surface area contributed by atoms with Crippen molar-refractivity contribution in [2.45, 2.75) is 26.7 Å². The van der Waals surface area contributed by atoms with Crippen LogP contribution in [-0.4, -0.2) is 6.61 Å². The largest absolute Gasteiger partial charge is 0.490 e. The zero-order valence-corrected chi connectivity index (χ0v) is 9.15. The Hall–Kier alpha value is -1.12. The molecular weight excluding hydrogens is 198 g/mol. The molecule has 0 saturated heterocycles. The Bertz CT molecular complexity index is 316. The lowest BCUT2D eigenvalue weighted by Gasteiger charge is -2.23. The molecule has 0 aromatic heterocycles. The van der Waals surface area contributed by atoms with E-state index in [1.54, 1.807) is 6.92 Å². The van der Waals surface area contributed by atoms with Crippen LogP contribution in [0, 0.1) is 5.92 Å². The summed E-state index contributed by atoms with van der Waals surface area (Å²) in [4.78, 5) is 0. The highest BCUT2D eigenvalue weighted by molar-refractivity contribution is 5.34. The van der Waals surface area contributed by atoms with Gasteiger partial charge < -0.3 is 4.74 Å². The van der Waals surface area contributed by atoms with Gasteiger partial charge in [0.15, 0.2) is 11.6 Å². The van der Waals surface area contributed by atoms with Gasteiger partial charge in [0.1, 0.15) is 5.83 Å². The first-order chi connectivity index (χ1) is 7.04. The van der Waals surface area contributed by atoms with E-state index in [1.807, 2.05) is 6.92 Å². The summed E-state index contributed by atoms with van der Waals surface area (Å²) in [6, 6.07) is 0. The fraction of sp³-hybridized carbons (Fsp3) is 0.500. The summed E-state index contributed by atoms with van der Waals surface area (Å²) in [5.74, 6) is -0.501. The van der Waals surface area contributed by atoms with Gasteiger partial charge in [0.05, 0.1) is 6.61 Å². The minimum Gasteiger partial charge on any atom is -0.490 e. The van der Waals surface area contributed by atoms with Crippen LogP contribution in [0.1, 0.15) is 26.7 Å². The van der Waals surface area contributed by atoms with Crippen LogP contribution < -0.4 is 0 Å². The first-order valence-corrected chi connectivity index (χ1v) is 5.11. The van der Waals surface area contributed by atoms with Crippen LogP contribution in [0.3, 0.4) is 0 Å². The molecule has 0 saturated carbocycles. The van der Waals surface area contributed by atoms with Crippen LogP contribution in [-0.2, 0) is 4.74 Å². The number of rotatable bonds is 3. The van der Waals surface area contributed by atoms with Crippen molar-refractivity contribution >= 4 is 0 Å². The van der Waals surface area contributed by atoms with E-state index in [2.05, 4.69) is 6.58 Å². The Morgan fingerprint density at radius 3 is 2.80 bits per heavy atom. The molecule has 0 spiro atoms. The predicted octanol–water partition coefficient (Wildman–Crippen LogP) is 4.04. The van der Waals surface area contributed by atoms with Gasteiger partial charge in [-0.1, -0.05) is 20.4 Å². The molecule has 1 rings (SSSR count). The molecule has 0 amide bonds. The van der Waals surface area contributed by atoms with Gasteiger partial charge >= 0.3 is 0 Å². The molecule has 1 unspecified atom stereocenters. The SMILES string of the molecule is C=C(F)C1=C(/C=C(/F)CC)CC(C)CO1. The second-order valence-electron chi connectivity index (χ2n) is 3.82. The molecule has 0 aliphatic carbocycles. The van der Waals surface area contributed by atoms with Crippen molar-refractivity contribution in [2.75, 3.05) is 6.61 Å². The van der Waals surface area contributed by atoms with Gasteiger partial charge in [-0.2, -0.15) is 0 Å². The second-order valence-corrected chi connectivity index (χ2v) is 3.82. The van der Waals surface area contributed by atoms with Crippen LogP contribution in [0.5, 0.6) is 0 Å². The van der Waals surface area contributed by atoms with Gasteiger partial charge in [-0.15, -0.1) is 0 Å². The Balaban J connectivity index is 2.99. The molecule has 0 aromatic carbocycles. The van der Waals surface area contributed by atoms with Crippen molar-refractivity contribution in [1.82, 2.24) is 0 Å². The van der Waals surface area contributed by atoms with Crippen molar-refractivity contribution in [1.29, 1.82) is 0 Å². The lowest BCUT2D eigenvalue weighted by molar-refractivity contribution is 0.148. The maximum atomic E-state index is 13.1. The molecule has 1 nitrogen and oxygen atoms in total. The maximum absolute atomic E-state index is 13.1.